The molecule has 0 bridgehead atoms. The van der Waals surface area contributed by atoms with Crippen LogP contribution in [-0.4, -0.2) is 25.4 Å². The fourth-order valence-corrected chi connectivity index (χ4v) is 2.22. The van der Waals surface area contributed by atoms with E-state index in [1.807, 2.05) is 0 Å². The maximum atomic E-state index is 9.82. The van der Waals surface area contributed by atoms with Crippen molar-refractivity contribution < 1.29 is 20.4 Å². The molecule has 0 fully saturated rings. The number of aromatic amines is 1. The van der Waals surface area contributed by atoms with Gasteiger partial charge < -0.3 is 25.4 Å². The van der Waals surface area contributed by atoms with Crippen LogP contribution in [0.15, 0.2) is 18.2 Å². The minimum Gasteiger partial charge on any atom is -0.507 e. The van der Waals surface area contributed by atoms with Crippen LogP contribution in [0, 0.1) is 0 Å². The number of phenols is 4. The van der Waals surface area contributed by atoms with Crippen molar-refractivity contribution in [2.45, 2.75) is 0 Å². The van der Waals surface area contributed by atoms with Crippen LogP contribution in [0.25, 0.3) is 21.8 Å². The van der Waals surface area contributed by atoms with Crippen LogP contribution in [0.3, 0.4) is 0 Å². The first-order valence-corrected chi connectivity index (χ1v) is 5.45. The van der Waals surface area contributed by atoms with E-state index in [1.165, 1.54) is 6.07 Å². The van der Waals surface area contributed by atoms with Crippen molar-refractivity contribution in [2.75, 3.05) is 0 Å². The Morgan fingerprint density at radius 1 is 0.889 bits per heavy atom. The van der Waals surface area contributed by atoms with Crippen molar-refractivity contribution in [3.8, 4) is 23.0 Å². The second-order valence-electron chi connectivity index (χ2n) is 3.96. The molecule has 0 saturated heterocycles. The Hall–Kier alpha value is -2.27. The molecule has 5 N–H and O–H groups in total. The van der Waals surface area contributed by atoms with Gasteiger partial charge in [-0.25, -0.2) is 0 Å². The summed E-state index contributed by atoms with van der Waals surface area (Å²) in [4.78, 5) is 2.73. The van der Waals surface area contributed by atoms with E-state index in [0.29, 0.717) is 10.8 Å². The molecule has 3 aromatic rings. The summed E-state index contributed by atoms with van der Waals surface area (Å²) in [7, 11) is 0. The monoisotopic (exact) mass is 265 g/mol. The van der Waals surface area contributed by atoms with E-state index in [0.717, 1.165) is 6.07 Å². The normalized spacial score (nSPS) is 11.4. The quantitative estimate of drug-likeness (QED) is 0.319. The third-order valence-electron chi connectivity index (χ3n) is 2.91. The second-order valence-corrected chi connectivity index (χ2v) is 4.36. The van der Waals surface area contributed by atoms with Crippen molar-refractivity contribution in [1.29, 1.82) is 0 Å². The molecule has 0 atom stereocenters. The van der Waals surface area contributed by atoms with Crippen LogP contribution in [0.4, 0.5) is 0 Å². The Balaban J connectivity index is 2.63. The molecular weight excluding hydrogens is 258 g/mol. The minimum atomic E-state index is -0.447. The van der Waals surface area contributed by atoms with Crippen LogP contribution in [-0.2, 0) is 0 Å². The van der Waals surface area contributed by atoms with Crippen LogP contribution >= 0.6 is 11.6 Å². The summed E-state index contributed by atoms with van der Waals surface area (Å²) in [6.07, 6.45) is 0. The molecule has 0 aliphatic heterocycles. The lowest BCUT2D eigenvalue weighted by Gasteiger charge is -2.01. The Kier molecular flexibility index (Phi) is 2.03. The van der Waals surface area contributed by atoms with Crippen LogP contribution in [0.1, 0.15) is 0 Å². The zero-order valence-corrected chi connectivity index (χ0v) is 9.65. The van der Waals surface area contributed by atoms with Crippen molar-refractivity contribution in [1.82, 2.24) is 4.98 Å². The van der Waals surface area contributed by atoms with Gasteiger partial charge in [0.05, 0.1) is 21.4 Å². The Morgan fingerprint density at radius 2 is 1.61 bits per heavy atom. The highest BCUT2D eigenvalue weighted by molar-refractivity contribution is 6.33. The Bertz CT molecular complexity index is 794. The van der Waals surface area contributed by atoms with Gasteiger partial charge in [-0.3, -0.25) is 0 Å². The van der Waals surface area contributed by atoms with Crippen LogP contribution < -0.4 is 0 Å². The lowest BCUT2D eigenvalue weighted by atomic mass is 10.1. The predicted octanol–water partition coefficient (Wildman–Crippen LogP) is 2.80. The number of halogens is 1. The molecule has 18 heavy (non-hydrogen) atoms. The molecule has 0 saturated carbocycles. The van der Waals surface area contributed by atoms with E-state index >= 15 is 0 Å². The van der Waals surface area contributed by atoms with Crippen LogP contribution in [0.2, 0.25) is 5.02 Å². The molecule has 0 aliphatic rings. The van der Waals surface area contributed by atoms with E-state index in [1.54, 1.807) is 6.07 Å². The van der Waals surface area contributed by atoms with E-state index in [2.05, 4.69) is 4.98 Å². The van der Waals surface area contributed by atoms with E-state index in [-0.39, 0.29) is 27.6 Å². The highest BCUT2D eigenvalue weighted by Gasteiger charge is 2.18. The number of aromatic nitrogens is 1. The zero-order chi connectivity index (χ0) is 13.0. The molecule has 0 spiro atoms. The van der Waals surface area contributed by atoms with Crippen LogP contribution in [0.5, 0.6) is 23.0 Å². The van der Waals surface area contributed by atoms with Gasteiger partial charge >= 0.3 is 0 Å². The average molecular weight is 266 g/mol. The summed E-state index contributed by atoms with van der Waals surface area (Å²) in [5.41, 5.74) is 0.425. The highest BCUT2D eigenvalue weighted by atomic mass is 35.5. The third-order valence-corrected chi connectivity index (χ3v) is 3.21. The summed E-state index contributed by atoms with van der Waals surface area (Å²) >= 11 is 5.78. The maximum Gasteiger partial charge on any atom is 0.182 e. The summed E-state index contributed by atoms with van der Waals surface area (Å²) in [6.45, 7) is 0. The first-order chi connectivity index (χ1) is 8.50. The smallest absolute Gasteiger partial charge is 0.182 e. The molecule has 0 aliphatic carbocycles. The maximum absolute atomic E-state index is 9.82. The van der Waals surface area contributed by atoms with Gasteiger partial charge in [-0.1, -0.05) is 17.7 Å². The van der Waals surface area contributed by atoms with Gasteiger partial charge in [0.25, 0.3) is 0 Å². The van der Waals surface area contributed by atoms with Gasteiger partial charge in [0.15, 0.2) is 17.2 Å². The standard InChI is InChI=1S/C12H8ClNO4/c13-5-2-1-4-8-6(15)3-7(16)12(18)10(8)14-9(4)11(5)17/h1-3,14-18H. The zero-order valence-electron chi connectivity index (χ0n) is 8.90. The Morgan fingerprint density at radius 3 is 2.33 bits per heavy atom. The molecule has 5 nitrogen and oxygen atoms in total. The van der Waals surface area contributed by atoms with Crippen molar-refractivity contribution >= 4 is 33.4 Å². The fraction of sp³-hybridized carbons (Fsp3) is 0. The lowest BCUT2D eigenvalue weighted by molar-refractivity contribution is 0.401. The molecule has 92 valence electrons. The molecular formula is C12H8ClNO4. The SMILES string of the molecule is Oc1cc(O)c2c([nH]c3c(O)c(Cl)ccc32)c1O. The summed E-state index contributed by atoms with van der Waals surface area (Å²) < 4.78 is 0. The predicted molar refractivity (Wildman–Crippen MR) is 67.5 cm³/mol. The highest BCUT2D eigenvalue weighted by Crippen LogP contribution is 2.45. The topological polar surface area (TPSA) is 96.7 Å². The van der Waals surface area contributed by atoms with Gasteiger partial charge in [-0.15, -0.1) is 0 Å². The largest absolute Gasteiger partial charge is 0.507 e. The molecule has 1 heterocycles. The van der Waals surface area contributed by atoms with Gasteiger partial charge in [0.1, 0.15) is 5.75 Å². The summed E-state index contributed by atoms with van der Waals surface area (Å²) in [6, 6.07) is 4.12. The number of aromatic hydroxyl groups is 4. The lowest BCUT2D eigenvalue weighted by Crippen LogP contribution is -1.74. The number of H-pyrrole nitrogens is 1. The number of fused-ring (bicyclic) bond motifs is 3. The molecule has 0 amide bonds. The van der Waals surface area contributed by atoms with Gasteiger partial charge in [0, 0.05) is 11.5 Å². The molecule has 3 rings (SSSR count). The molecule has 1 aromatic heterocycles. The van der Waals surface area contributed by atoms with Gasteiger partial charge in [-0.05, 0) is 6.07 Å². The van der Waals surface area contributed by atoms with E-state index < -0.39 is 11.5 Å². The first kappa shape index (κ1) is 10.9. The van der Waals surface area contributed by atoms with Crippen molar-refractivity contribution in [3.63, 3.8) is 0 Å². The average Bonchev–Trinajstić information content (AvgIpc) is 2.72. The van der Waals surface area contributed by atoms with Gasteiger partial charge in [-0.2, -0.15) is 0 Å². The number of benzene rings is 2. The second kappa shape index (κ2) is 3.36. The molecule has 0 unspecified atom stereocenters. The number of phenolic OH excluding ortho intramolecular Hbond substituents is 4. The minimum absolute atomic E-state index is 0.139. The number of rotatable bonds is 0. The number of nitrogens with one attached hydrogen (secondary N) is 1. The third kappa shape index (κ3) is 1.22. The molecule has 2 aromatic carbocycles. The molecule has 0 radical (unpaired) electrons. The van der Waals surface area contributed by atoms with Crippen molar-refractivity contribution in [2.24, 2.45) is 0 Å². The summed E-state index contributed by atoms with van der Waals surface area (Å²) in [5.74, 6) is -1.22. The van der Waals surface area contributed by atoms with E-state index in [4.69, 9.17) is 11.6 Å². The van der Waals surface area contributed by atoms with E-state index in [9.17, 15) is 20.4 Å². The number of hydrogen-bond acceptors (Lipinski definition) is 4. The van der Waals surface area contributed by atoms with Gasteiger partial charge in [0.2, 0.25) is 0 Å². The number of hydrogen-bond donors (Lipinski definition) is 5. The summed E-state index contributed by atoms with van der Waals surface area (Å²) in [5, 5.41) is 39.8. The first-order valence-electron chi connectivity index (χ1n) is 5.07. The van der Waals surface area contributed by atoms with Crippen molar-refractivity contribution in [3.05, 3.63) is 23.2 Å². The molecule has 6 heteroatoms. The fourth-order valence-electron chi connectivity index (χ4n) is 2.06. The Labute approximate surface area is 105 Å².